The van der Waals surface area contributed by atoms with Crippen molar-refractivity contribution in [2.45, 2.75) is 81.2 Å². The molecule has 1 saturated carbocycles. The minimum absolute atomic E-state index is 0.0299. The molecule has 3 aliphatic rings. The molecule has 152 valence electrons. The number of amides is 3. The highest BCUT2D eigenvalue weighted by molar-refractivity contribution is 8.00. The molecule has 2 heterocycles. The van der Waals surface area contributed by atoms with Crippen LogP contribution in [0.4, 0.5) is 4.79 Å². The van der Waals surface area contributed by atoms with Crippen molar-refractivity contribution in [1.29, 1.82) is 0 Å². The zero-order valence-corrected chi connectivity index (χ0v) is 17.4. The molecule has 3 fully saturated rings. The van der Waals surface area contributed by atoms with Gasteiger partial charge < -0.3 is 16.0 Å². The Morgan fingerprint density at radius 2 is 2.07 bits per heavy atom. The van der Waals surface area contributed by atoms with E-state index >= 15 is 0 Å². The molecule has 2 saturated heterocycles. The summed E-state index contributed by atoms with van der Waals surface area (Å²) in [7, 11) is 0. The highest BCUT2D eigenvalue weighted by Gasteiger charge is 2.42. The first-order valence-corrected chi connectivity index (χ1v) is 11.7. The third-order valence-corrected chi connectivity index (χ3v) is 8.00. The lowest BCUT2D eigenvalue weighted by Crippen LogP contribution is -2.43. The van der Waals surface area contributed by atoms with E-state index in [4.69, 9.17) is 0 Å². The van der Waals surface area contributed by atoms with Crippen LogP contribution in [0.1, 0.15) is 62.5 Å². The average molecular weight is 402 g/mol. The molecule has 4 rings (SSSR count). The third-order valence-electron chi connectivity index (χ3n) is 6.49. The normalized spacial score (nSPS) is 27.9. The number of rotatable bonds is 7. The second kappa shape index (κ2) is 8.36. The Morgan fingerprint density at radius 3 is 2.86 bits per heavy atom. The summed E-state index contributed by atoms with van der Waals surface area (Å²) < 4.78 is 0. The standard InChI is InChI=1S/C22H31N3O2S/c1-15-7-6-8-16(13-15)22(11-4-5-12-22)25-19(26)10-3-2-9-18-20-17(14-28-18)23-21(27)24-20/h6-8,13,17-18,20H,2-5,9-12,14H2,1H3,(H,25,26)(H2,23,24,27)/t17-,18-,20-/m0/s1. The van der Waals surface area contributed by atoms with Gasteiger partial charge in [0.2, 0.25) is 5.91 Å². The molecule has 3 atom stereocenters. The minimum atomic E-state index is -0.169. The molecule has 0 spiro atoms. The van der Waals surface area contributed by atoms with Crippen molar-refractivity contribution in [3.8, 4) is 0 Å². The second-order valence-electron chi connectivity index (χ2n) is 8.57. The lowest BCUT2D eigenvalue weighted by molar-refractivity contribution is -0.123. The molecular weight excluding hydrogens is 370 g/mol. The Balaban J connectivity index is 1.25. The Morgan fingerprint density at radius 1 is 1.25 bits per heavy atom. The largest absolute Gasteiger partial charge is 0.347 e. The van der Waals surface area contributed by atoms with Crippen molar-refractivity contribution in [1.82, 2.24) is 16.0 Å². The molecule has 2 aliphatic heterocycles. The summed E-state index contributed by atoms with van der Waals surface area (Å²) in [4.78, 5) is 24.2. The second-order valence-corrected chi connectivity index (χ2v) is 9.85. The van der Waals surface area contributed by atoms with Gasteiger partial charge in [0, 0.05) is 17.4 Å². The summed E-state index contributed by atoms with van der Waals surface area (Å²) in [6.07, 6.45) is 8.01. The predicted molar refractivity (Wildman–Crippen MR) is 113 cm³/mol. The maximum absolute atomic E-state index is 12.7. The van der Waals surface area contributed by atoms with Crippen molar-refractivity contribution in [2.24, 2.45) is 0 Å². The monoisotopic (exact) mass is 401 g/mol. The van der Waals surface area contributed by atoms with Crippen molar-refractivity contribution < 1.29 is 9.59 Å². The first kappa shape index (κ1) is 19.6. The SMILES string of the molecule is Cc1cccc(C2(NC(=O)CCCC[C@@H]3SC[C@@H]4NC(=O)N[C@@H]43)CCCC2)c1. The molecule has 0 radical (unpaired) electrons. The van der Waals surface area contributed by atoms with Crippen LogP contribution in [-0.4, -0.2) is 35.0 Å². The van der Waals surface area contributed by atoms with E-state index in [9.17, 15) is 9.59 Å². The molecule has 0 bridgehead atoms. The maximum Gasteiger partial charge on any atom is 0.315 e. The Bertz CT molecular complexity index is 732. The fraction of sp³-hybridized carbons (Fsp3) is 0.636. The number of carbonyl (C=O) groups excluding carboxylic acids is 2. The van der Waals surface area contributed by atoms with Crippen molar-refractivity contribution in [3.05, 3.63) is 35.4 Å². The summed E-state index contributed by atoms with van der Waals surface area (Å²) in [5.41, 5.74) is 2.34. The molecule has 28 heavy (non-hydrogen) atoms. The van der Waals surface area contributed by atoms with Crippen LogP contribution in [0.15, 0.2) is 24.3 Å². The van der Waals surface area contributed by atoms with Crippen LogP contribution in [0.2, 0.25) is 0 Å². The summed E-state index contributed by atoms with van der Waals surface area (Å²) in [6, 6.07) is 9.11. The van der Waals surface area contributed by atoms with E-state index in [1.165, 1.54) is 24.0 Å². The highest BCUT2D eigenvalue weighted by Crippen LogP contribution is 2.39. The molecule has 1 aromatic carbocycles. The molecule has 5 nitrogen and oxygen atoms in total. The highest BCUT2D eigenvalue weighted by atomic mass is 32.2. The first-order valence-electron chi connectivity index (χ1n) is 10.6. The van der Waals surface area contributed by atoms with Crippen LogP contribution in [0.25, 0.3) is 0 Å². The van der Waals surface area contributed by atoms with Crippen LogP contribution >= 0.6 is 11.8 Å². The number of thioether (sulfide) groups is 1. The van der Waals surface area contributed by atoms with Gasteiger partial charge in [0.1, 0.15) is 0 Å². The predicted octanol–water partition coefficient (Wildman–Crippen LogP) is 3.61. The number of unbranched alkanes of at least 4 members (excludes halogenated alkanes) is 1. The Kier molecular flexibility index (Phi) is 5.85. The molecule has 1 aromatic rings. The third kappa shape index (κ3) is 4.17. The van der Waals surface area contributed by atoms with Crippen molar-refractivity contribution in [3.63, 3.8) is 0 Å². The number of nitrogens with one attached hydrogen (secondary N) is 3. The fourth-order valence-corrected chi connectivity index (χ4v) is 6.55. The molecule has 3 N–H and O–H groups in total. The molecule has 3 amide bonds. The van der Waals surface area contributed by atoms with E-state index in [0.717, 1.165) is 37.9 Å². The van der Waals surface area contributed by atoms with Crippen molar-refractivity contribution in [2.75, 3.05) is 5.75 Å². The van der Waals surface area contributed by atoms with Gasteiger partial charge in [0.05, 0.1) is 17.6 Å². The molecule has 6 heteroatoms. The summed E-state index contributed by atoms with van der Waals surface area (Å²) in [6.45, 7) is 2.11. The van der Waals surface area contributed by atoms with E-state index < -0.39 is 0 Å². The zero-order valence-electron chi connectivity index (χ0n) is 16.6. The average Bonchev–Trinajstić information content (AvgIpc) is 3.36. The number of hydrogen-bond acceptors (Lipinski definition) is 3. The summed E-state index contributed by atoms with van der Waals surface area (Å²) >= 11 is 1.94. The van der Waals surface area contributed by atoms with Gasteiger partial charge in [0.25, 0.3) is 0 Å². The lowest BCUT2D eigenvalue weighted by Gasteiger charge is -2.31. The van der Waals surface area contributed by atoms with Gasteiger partial charge >= 0.3 is 6.03 Å². The summed E-state index contributed by atoms with van der Waals surface area (Å²) in [5, 5.41) is 9.89. The van der Waals surface area contributed by atoms with E-state index in [2.05, 4.69) is 47.1 Å². The van der Waals surface area contributed by atoms with Gasteiger partial charge in [-0.3, -0.25) is 4.79 Å². The van der Waals surface area contributed by atoms with Gasteiger partial charge in [-0.05, 0) is 38.2 Å². The van der Waals surface area contributed by atoms with Crippen LogP contribution in [0, 0.1) is 6.92 Å². The van der Waals surface area contributed by atoms with Gasteiger partial charge in [-0.2, -0.15) is 11.8 Å². The lowest BCUT2D eigenvalue weighted by atomic mass is 9.87. The van der Waals surface area contributed by atoms with E-state index in [0.29, 0.717) is 11.7 Å². The van der Waals surface area contributed by atoms with Gasteiger partial charge in [-0.15, -0.1) is 0 Å². The molecule has 1 aliphatic carbocycles. The number of benzene rings is 1. The van der Waals surface area contributed by atoms with E-state index in [1.54, 1.807) is 0 Å². The Hall–Kier alpha value is -1.69. The number of hydrogen-bond donors (Lipinski definition) is 3. The molecule has 0 unspecified atom stereocenters. The number of urea groups is 1. The number of fused-ring (bicyclic) bond motifs is 1. The minimum Gasteiger partial charge on any atom is -0.347 e. The van der Waals surface area contributed by atoms with E-state index in [-0.39, 0.29) is 29.6 Å². The molecular formula is C22H31N3O2S. The van der Waals surface area contributed by atoms with Crippen LogP contribution < -0.4 is 16.0 Å². The van der Waals surface area contributed by atoms with Gasteiger partial charge in [-0.1, -0.05) is 49.1 Å². The van der Waals surface area contributed by atoms with Crippen LogP contribution in [0.5, 0.6) is 0 Å². The van der Waals surface area contributed by atoms with Crippen LogP contribution in [0.3, 0.4) is 0 Å². The summed E-state index contributed by atoms with van der Waals surface area (Å²) in [5.74, 6) is 1.17. The van der Waals surface area contributed by atoms with Crippen molar-refractivity contribution >= 4 is 23.7 Å². The maximum atomic E-state index is 12.7. The number of carbonyl (C=O) groups is 2. The smallest absolute Gasteiger partial charge is 0.315 e. The fourth-order valence-electron chi connectivity index (χ4n) is 5.01. The first-order chi connectivity index (χ1) is 13.6. The molecule has 0 aromatic heterocycles. The zero-order chi connectivity index (χ0) is 19.6. The van der Waals surface area contributed by atoms with E-state index in [1.807, 2.05) is 11.8 Å². The van der Waals surface area contributed by atoms with Crippen LogP contribution in [-0.2, 0) is 10.3 Å². The quantitative estimate of drug-likeness (QED) is 0.483. The van der Waals surface area contributed by atoms with Gasteiger partial charge in [0.15, 0.2) is 0 Å². The number of aryl methyl sites for hydroxylation is 1. The topological polar surface area (TPSA) is 70.2 Å². The van der Waals surface area contributed by atoms with Gasteiger partial charge in [-0.25, -0.2) is 4.79 Å². The Labute approximate surface area is 171 Å².